The maximum absolute atomic E-state index is 5.18. The van der Waals surface area contributed by atoms with Crippen LogP contribution in [0.25, 0.3) is 67.5 Å². The Balaban J connectivity index is 1.09. The van der Waals surface area contributed by atoms with Crippen LogP contribution in [0.1, 0.15) is 22.3 Å². The van der Waals surface area contributed by atoms with Crippen LogP contribution in [-0.2, 0) is 5.41 Å². The molecule has 1 aliphatic rings. The molecule has 10 rings (SSSR count). The summed E-state index contributed by atoms with van der Waals surface area (Å²) in [4.78, 5) is 15.3. The highest BCUT2D eigenvalue weighted by Crippen LogP contribution is 2.56. The van der Waals surface area contributed by atoms with Crippen molar-refractivity contribution in [2.24, 2.45) is 0 Å². The first-order chi connectivity index (χ1) is 27.3. The molecule has 0 N–H and O–H groups in total. The topological polar surface area (TPSA) is 38.7 Å². The molecule has 1 aromatic heterocycles. The number of hydrogen-bond acceptors (Lipinski definition) is 3. The predicted octanol–water partition coefficient (Wildman–Crippen LogP) is 12.6. The fourth-order valence-corrected chi connectivity index (χ4v) is 8.25. The lowest BCUT2D eigenvalue weighted by Gasteiger charge is -2.34. The Morgan fingerprint density at radius 3 is 1.13 bits per heavy atom. The molecule has 0 aliphatic heterocycles. The molecule has 1 aliphatic carbocycles. The molecular formula is C52H35N3. The van der Waals surface area contributed by atoms with Gasteiger partial charge in [0.25, 0.3) is 0 Å². The lowest BCUT2D eigenvalue weighted by molar-refractivity contribution is 0.768. The van der Waals surface area contributed by atoms with Crippen molar-refractivity contribution in [1.82, 2.24) is 15.0 Å². The van der Waals surface area contributed by atoms with Crippen LogP contribution >= 0.6 is 0 Å². The van der Waals surface area contributed by atoms with Crippen molar-refractivity contribution in [2.45, 2.75) is 5.41 Å². The number of fused-ring (bicyclic) bond motifs is 3. The largest absolute Gasteiger partial charge is 0.208 e. The van der Waals surface area contributed by atoms with Gasteiger partial charge in [-0.1, -0.05) is 206 Å². The Morgan fingerprint density at radius 1 is 0.255 bits per heavy atom. The van der Waals surface area contributed by atoms with Crippen LogP contribution in [0.4, 0.5) is 0 Å². The van der Waals surface area contributed by atoms with Crippen LogP contribution in [0.15, 0.2) is 212 Å². The standard InChI is InChI=1S/C52H35N3/c1-4-15-36(16-5-1)37-27-29-38(30-28-37)39-31-33-41(34-32-39)50-53-49(40-17-6-2-7-18-40)54-51(55-50)42-19-14-22-44(35-42)52(43-20-8-3-9-21-43)47-25-12-10-23-45(47)46-24-11-13-26-48(46)52/h1-35H. The Labute approximate surface area is 321 Å². The van der Waals surface area contributed by atoms with Crippen LogP contribution in [0.5, 0.6) is 0 Å². The average molecular weight is 702 g/mol. The van der Waals surface area contributed by atoms with Crippen LogP contribution in [0.3, 0.4) is 0 Å². The minimum Gasteiger partial charge on any atom is -0.208 e. The summed E-state index contributed by atoms with van der Waals surface area (Å²) in [6, 6.07) is 75.2. The first-order valence-electron chi connectivity index (χ1n) is 18.7. The van der Waals surface area contributed by atoms with Crippen molar-refractivity contribution in [3.05, 3.63) is 235 Å². The Hall–Kier alpha value is -7.23. The van der Waals surface area contributed by atoms with E-state index in [9.17, 15) is 0 Å². The van der Waals surface area contributed by atoms with E-state index in [-0.39, 0.29) is 0 Å². The summed E-state index contributed by atoms with van der Waals surface area (Å²) in [5.74, 6) is 1.91. The van der Waals surface area contributed by atoms with Gasteiger partial charge < -0.3 is 0 Å². The molecule has 8 aromatic carbocycles. The van der Waals surface area contributed by atoms with Crippen molar-refractivity contribution in [2.75, 3.05) is 0 Å². The molecule has 0 saturated carbocycles. The molecule has 0 radical (unpaired) electrons. The van der Waals surface area contributed by atoms with E-state index in [0.717, 1.165) is 27.8 Å². The second kappa shape index (κ2) is 13.6. The van der Waals surface area contributed by atoms with Gasteiger partial charge in [-0.05, 0) is 61.7 Å². The quantitative estimate of drug-likeness (QED) is 0.166. The van der Waals surface area contributed by atoms with E-state index in [1.165, 1.54) is 44.5 Å². The average Bonchev–Trinajstić information content (AvgIpc) is 3.58. The molecule has 0 saturated heterocycles. The van der Waals surface area contributed by atoms with Gasteiger partial charge in [-0.3, -0.25) is 0 Å². The Bertz CT molecular complexity index is 2730. The number of aromatic nitrogens is 3. The third-order valence-corrected chi connectivity index (χ3v) is 10.8. The van der Waals surface area contributed by atoms with E-state index in [1.54, 1.807) is 0 Å². The van der Waals surface area contributed by atoms with Crippen molar-refractivity contribution in [3.63, 3.8) is 0 Å². The summed E-state index contributed by atoms with van der Waals surface area (Å²) in [7, 11) is 0. The molecule has 9 aromatic rings. The van der Waals surface area contributed by atoms with Gasteiger partial charge in [0, 0.05) is 16.7 Å². The summed E-state index contributed by atoms with van der Waals surface area (Å²) < 4.78 is 0. The van der Waals surface area contributed by atoms with Gasteiger partial charge >= 0.3 is 0 Å². The zero-order valence-electron chi connectivity index (χ0n) is 30.0. The first kappa shape index (κ1) is 32.4. The molecule has 258 valence electrons. The van der Waals surface area contributed by atoms with Gasteiger partial charge in [0.15, 0.2) is 17.5 Å². The van der Waals surface area contributed by atoms with Crippen molar-refractivity contribution in [1.29, 1.82) is 0 Å². The number of benzene rings is 8. The first-order valence-corrected chi connectivity index (χ1v) is 18.7. The van der Waals surface area contributed by atoms with Crippen molar-refractivity contribution < 1.29 is 0 Å². The van der Waals surface area contributed by atoms with Gasteiger partial charge in [-0.15, -0.1) is 0 Å². The second-order valence-electron chi connectivity index (χ2n) is 14.0. The molecule has 3 heteroatoms. The summed E-state index contributed by atoms with van der Waals surface area (Å²) in [6.45, 7) is 0. The van der Waals surface area contributed by atoms with E-state index in [0.29, 0.717) is 17.5 Å². The second-order valence-corrected chi connectivity index (χ2v) is 14.0. The normalized spacial score (nSPS) is 12.5. The van der Waals surface area contributed by atoms with E-state index in [1.807, 2.05) is 24.3 Å². The molecule has 55 heavy (non-hydrogen) atoms. The summed E-state index contributed by atoms with van der Waals surface area (Å²) in [5, 5.41) is 0. The van der Waals surface area contributed by atoms with Crippen molar-refractivity contribution >= 4 is 0 Å². The van der Waals surface area contributed by atoms with Crippen LogP contribution in [0, 0.1) is 0 Å². The fraction of sp³-hybridized carbons (Fsp3) is 0.0192. The highest BCUT2D eigenvalue weighted by atomic mass is 15.0. The minimum absolute atomic E-state index is 0.516. The monoisotopic (exact) mass is 701 g/mol. The van der Waals surface area contributed by atoms with Crippen LogP contribution < -0.4 is 0 Å². The number of rotatable bonds is 7. The summed E-state index contributed by atoms with van der Waals surface area (Å²) >= 11 is 0. The van der Waals surface area contributed by atoms with Gasteiger partial charge in [-0.2, -0.15) is 0 Å². The molecule has 0 amide bonds. The van der Waals surface area contributed by atoms with E-state index >= 15 is 0 Å². The van der Waals surface area contributed by atoms with E-state index in [4.69, 9.17) is 15.0 Å². The van der Waals surface area contributed by atoms with Gasteiger partial charge in [0.05, 0.1) is 5.41 Å². The molecule has 0 spiro atoms. The molecule has 1 heterocycles. The van der Waals surface area contributed by atoms with Gasteiger partial charge in [0.1, 0.15) is 0 Å². The molecular weight excluding hydrogens is 667 g/mol. The number of hydrogen-bond donors (Lipinski definition) is 0. The Morgan fingerprint density at radius 2 is 0.600 bits per heavy atom. The van der Waals surface area contributed by atoms with Crippen LogP contribution in [0.2, 0.25) is 0 Å². The molecule has 0 bridgehead atoms. The molecule has 0 fully saturated rings. The van der Waals surface area contributed by atoms with Crippen molar-refractivity contribution in [3.8, 4) is 67.5 Å². The SMILES string of the molecule is c1ccc(-c2ccc(-c3ccc(-c4nc(-c5ccccc5)nc(-c5cccc(C6(c7ccccc7)c7ccccc7-c7ccccc76)c5)n4)cc3)cc2)cc1. The maximum atomic E-state index is 5.18. The highest BCUT2D eigenvalue weighted by Gasteiger charge is 2.45. The predicted molar refractivity (Wildman–Crippen MR) is 224 cm³/mol. The van der Waals surface area contributed by atoms with Gasteiger partial charge in [0.2, 0.25) is 0 Å². The van der Waals surface area contributed by atoms with E-state index < -0.39 is 5.41 Å². The summed E-state index contributed by atoms with van der Waals surface area (Å²) in [5.41, 5.74) is 14.5. The molecule has 0 unspecified atom stereocenters. The summed E-state index contributed by atoms with van der Waals surface area (Å²) in [6.07, 6.45) is 0. The zero-order chi connectivity index (χ0) is 36.6. The molecule has 3 nitrogen and oxygen atoms in total. The number of nitrogens with zero attached hydrogens (tertiary/aromatic N) is 3. The lowest BCUT2D eigenvalue weighted by atomic mass is 9.67. The van der Waals surface area contributed by atoms with E-state index in [2.05, 4.69) is 188 Å². The smallest absolute Gasteiger partial charge is 0.164 e. The Kier molecular flexibility index (Phi) is 8.04. The maximum Gasteiger partial charge on any atom is 0.164 e. The lowest BCUT2D eigenvalue weighted by Crippen LogP contribution is -2.28. The van der Waals surface area contributed by atoms with Gasteiger partial charge in [-0.25, -0.2) is 15.0 Å². The third-order valence-electron chi connectivity index (χ3n) is 10.8. The fourth-order valence-electron chi connectivity index (χ4n) is 8.25. The third kappa shape index (κ3) is 5.65. The highest BCUT2D eigenvalue weighted by molar-refractivity contribution is 5.86. The minimum atomic E-state index is -0.516. The zero-order valence-corrected chi connectivity index (χ0v) is 30.0. The van der Waals surface area contributed by atoms with Crippen LogP contribution in [-0.4, -0.2) is 15.0 Å². The molecule has 0 atom stereocenters.